The van der Waals surface area contributed by atoms with Crippen molar-refractivity contribution in [3.8, 4) is 11.3 Å². The Kier molecular flexibility index (Phi) is 5.19. The lowest BCUT2D eigenvalue weighted by Gasteiger charge is -2.21. The molecule has 0 N–H and O–H groups in total. The Hall–Kier alpha value is -2.10. The van der Waals surface area contributed by atoms with Crippen molar-refractivity contribution in [1.29, 1.82) is 0 Å². The second-order valence-corrected chi connectivity index (χ2v) is 9.69. The molecule has 4 aromatic rings. The zero-order valence-electron chi connectivity index (χ0n) is 15.1. The van der Waals surface area contributed by atoms with Crippen LogP contribution in [0.5, 0.6) is 0 Å². The zero-order valence-corrected chi connectivity index (χ0v) is 18.9. The Labute approximate surface area is 189 Å². The number of nitrogens with zero attached hydrogens (tertiary/aromatic N) is 3. The normalized spacial score (nSPS) is 16.3. The number of thiophene rings is 1. The van der Waals surface area contributed by atoms with Gasteiger partial charge in [-0.3, -0.25) is 0 Å². The summed E-state index contributed by atoms with van der Waals surface area (Å²) in [5.74, 6) is -0.229. The zero-order chi connectivity index (χ0) is 19.8. The van der Waals surface area contributed by atoms with Gasteiger partial charge in [-0.1, -0.05) is 30.3 Å². The van der Waals surface area contributed by atoms with E-state index in [1.165, 1.54) is 15.7 Å². The summed E-state index contributed by atoms with van der Waals surface area (Å²) in [6.45, 7) is 0. The first-order valence-corrected chi connectivity index (χ1v) is 11.9. The molecule has 7 heteroatoms. The quantitative estimate of drug-likeness (QED) is 0.266. The summed E-state index contributed by atoms with van der Waals surface area (Å²) in [6.07, 6.45) is 0.768. The van der Waals surface area contributed by atoms with E-state index in [0.717, 1.165) is 39.0 Å². The minimum atomic E-state index is -0.229. The lowest BCUT2D eigenvalue weighted by atomic mass is 10.0. The molecule has 0 fully saturated rings. The molecule has 0 unspecified atom stereocenters. The van der Waals surface area contributed by atoms with Crippen LogP contribution in [-0.4, -0.2) is 10.7 Å². The third-order valence-electron chi connectivity index (χ3n) is 4.80. The van der Waals surface area contributed by atoms with Gasteiger partial charge < -0.3 is 0 Å². The summed E-state index contributed by atoms with van der Waals surface area (Å²) < 4.78 is 14.7. The van der Waals surface area contributed by atoms with E-state index in [-0.39, 0.29) is 11.9 Å². The predicted octanol–water partition coefficient (Wildman–Crippen LogP) is 6.97. The number of thiazole rings is 1. The van der Waals surface area contributed by atoms with Crippen LogP contribution in [0, 0.1) is 9.39 Å². The maximum Gasteiger partial charge on any atom is 0.207 e. The van der Waals surface area contributed by atoms with Crippen LogP contribution in [0.2, 0.25) is 0 Å². The third-order valence-corrected chi connectivity index (χ3v) is 7.27. The second-order valence-electron chi connectivity index (χ2n) is 6.66. The van der Waals surface area contributed by atoms with Gasteiger partial charge in [0, 0.05) is 20.9 Å². The molecule has 1 aliphatic rings. The van der Waals surface area contributed by atoms with Gasteiger partial charge in [-0.2, -0.15) is 5.10 Å². The van der Waals surface area contributed by atoms with Gasteiger partial charge in [0.25, 0.3) is 0 Å². The Morgan fingerprint density at radius 3 is 2.52 bits per heavy atom. The molecule has 1 aliphatic heterocycles. The number of hydrazone groups is 1. The molecule has 5 rings (SSSR count). The Balaban J connectivity index is 1.52. The van der Waals surface area contributed by atoms with Gasteiger partial charge in [0.2, 0.25) is 5.13 Å². The van der Waals surface area contributed by atoms with Crippen LogP contribution in [0.25, 0.3) is 11.3 Å². The van der Waals surface area contributed by atoms with Gasteiger partial charge in [0.05, 0.1) is 22.3 Å². The first-order valence-electron chi connectivity index (χ1n) is 9.05. The van der Waals surface area contributed by atoms with Crippen molar-refractivity contribution in [2.45, 2.75) is 12.5 Å². The molecule has 0 aliphatic carbocycles. The molecular formula is C22H15FIN3S2. The van der Waals surface area contributed by atoms with E-state index in [9.17, 15) is 4.39 Å². The van der Waals surface area contributed by atoms with E-state index < -0.39 is 0 Å². The molecule has 2 aromatic heterocycles. The van der Waals surface area contributed by atoms with Gasteiger partial charge in [0.15, 0.2) is 0 Å². The van der Waals surface area contributed by atoms with Gasteiger partial charge in [-0.15, -0.1) is 22.7 Å². The van der Waals surface area contributed by atoms with E-state index in [1.54, 1.807) is 22.7 Å². The first kappa shape index (κ1) is 18.9. The maximum absolute atomic E-state index is 13.5. The van der Waals surface area contributed by atoms with Crippen molar-refractivity contribution in [1.82, 2.24) is 4.98 Å². The largest absolute Gasteiger partial charge is 0.231 e. The molecule has 29 heavy (non-hydrogen) atoms. The monoisotopic (exact) mass is 531 g/mol. The molecule has 0 radical (unpaired) electrons. The summed E-state index contributed by atoms with van der Waals surface area (Å²) in [6, 6.07) is 19.2. The first-order chi connectivity index (χ1) is 14.2. The van der Waals surface area contributed by atoms with Gasteiger partial charge in [-0.25, -0.2) is 14.4 Å². The van der Waals surface area contributed by atoms with Crippen LogP contribution >= 0.6 is 45.3 Å². The topological polar surface area (TPSA) is 28.5 Å². The van der Waals surface area contributed by atoms with E-state index in [0.29, 0.717) is 0 Å². The highest BCUT2D eigenvalue weighted by atomic mass is 127. The second kappa shape index (κ2) is 7.97. The molecule has 2 aromatic carbocycles. The molecule has 0 spiro atoms. The average Bonchev–Trinajstić information content (AvgIpc) is 3.48. The Morgan fingerprint density at radius 1 is 1.00 bits per heavy atom. The van der Waals surface area contributed by atoms with Gasteiger partial charge in [0.1, 0.15) is 5.82 Å². The fraction of sp³-hybridized carbons (Fsp3) is 0.0909. The van der Waals surface area contributed by atoms with E-state index in [4.69, 9.17) is 10.1 Å². The maximum atomic E-state index is 13.5. The molecule has 0 saturated heterocycles. The van der Waals surface area contributed by atoms with Crippen LogP contribution in [0.4, 0.5) is 9.52 Å². The predicted molar refractivity (Wildman–Crippen MR) is 127 cm³/mol. The van der Waals surface area contributed by atoms with Gasteiger partial charge >= 0.3 is 0 Å². The van der Waals surface area contributed by atoms with Crippen molar-refractivity contribution < 1.29 is 4.39 Å². The third kappa shape index (κ3) is 3.86. The number of anilines is 1. The van der Waals surface area contributed by atoms with Crippen LogP contribution in [0.15, 0.2) is 76.5 Å². The number of rotatable bonds is 4. The number of aromatic nitrogens is 1. The number of hydrogen-bond acceptors (Lipinski definition) is 5. The fourth-order valence-electron chi connectivity index (χ4n) is 3.35. The fourth-order valence-corrected chi connectivity index (χ4v) is 5.26. The highest BCUT2D eigenvalue weighted by Gasteiger charge is 2.32. The Morgan fingerprint density at radius 2 is 1.79 bits per heavy atom. The highest BCUT2D eigenvalue weighted by Crippen LogP contribution is 2.39. The van der Waals surface area contributed by atoms with Crippen LogP contribution in [0.1, 0.15) is 22.9 Å². The van der Waals surface area contributed by atoms with E-state index in [1.807, 2.05) is 23.2 Å². The number of benzene rings is 2. The highest BCUT2D eigenvalue weighted by molar-refractivity contribution is 14.1. The molecule has 0 amide bonds. The molecule has 0 saturated carbocycles. The van der Waals surface area contributed by atoms with Crippen molar-refractivity contribution in [2.75, 3.05) is 5.01 Å². The van der Waals surface area contributed by atoms with Crippen molar-refractivity contribution in [3.63, 3.8) is 0 Å². The molecule has 0 bridgehead atoms. The smallest absolute Gasteiger partial charge is 0.207 e. The summed E-state index contributed by atoms with van der Waals surface area (Å²) in [4.78, 5) is 6.03. The van der Waals surface area contributed by atoms with Crippen molar-refractivity contribution in [2.24, 2.45) is 5.10 Å². The van der Waals surface area contributed by atoms with E-state index >= 15 is 0 Å². The number of hydrogen-bond donors (Lipinski definition) is 0. The lowest BCUT2D eigenvalue weighted by molar-refractivity contribution is 0.624. The molecule has 3 nitrogen and oxygen atoms in total. The van der Waals surface area contributed by atoms with Crippen LogP contribution in [-0.2, 0) is 0 Å². The lowest BCUT2D eigenvalue weighted by Crippen LogP contribution is -2.18. The molecular weight excluding hydrogens is 516 g/mol. The van der Waals surface area contributed by atoms with Gasteiger partial charge in [-0.05, 0) is 63.9 Å². The summed E-state index contributed by atoms with van der Waals surface area (Å²) in [7, 11) is 0. The van der Waals surface area contributed by atoms with Crippen LogP contribution in [0.3, 0.4) is 0 Å². The minimum absolute atomic E-state index is 0.00317. The van der Waals surface area contributed by atoms with E-state index in [2.05, 4.69) is 63.7 Å². The van der Waals surface area contributed by atoms with Crippen molar-refractivity contribution >= 4 is 56.1 Å². The molecule has 144 valence electrons. The van der Waals surface area contributed by atoms with Crippen molar-refractivity contribution in [3.05, 3.63) is 91.3 Å². The number of halogens is 2. The standard InChI is InChI=1S/C22H15FIN3S2/c23-16-7-3-15(4-8-16)20-12-18(21-2-1-11-28-21)26-27(20)22-25-19(13-29-22)14-5-9-17(24)10-6-14/h1-11,13,20H,12H2/t20-/m0/s1. The molecule has 3 heterocycles. The average molecular weight is 531 g/mol. The van der Waals surface area contributed by atoms with Crippen LogP contribution < -0.4 is 5.01 Å². The minimum Gasteiger partial charge on any atom is -0.231 e. The summed E-state index contributed by atoms with van der Waals surface area (Å²) in [5, 5.41) is 11.9. The molecule has 1 atom stereocenters. The SMILES string of the molecule is Fc1ccc([C@@H]2CC(c3cccs3)=NN2c2nc(-c3ccc(I)cc3)cs2)cc1. The Bertz CT molecular complexity index is 1150. The summed E-state index contributed by atoms with van der Waals surface area (Å²) >= 11 is 5.57. The summed E-state index contributed by atoms with van der Waals surface area (Å²) in [5.41, 5.74) is 4.11.